The SMILES string of the molecule is CC(=O)NCCCCC(NC(=O)CNC(=O)C(CC(C)C)NC(=O)CCCCCNC(=O)c1ccc(-c2c3ccc(=O)cc-3oc3cc(O)ccc23)c(C(=O)O)c1)C(=O)Nc1ccc2c(C)cc(=O)oc2c1. The Morgan fingerprint density at radius 1 is 0.667 bits per heavy atom. The number of carboxylic acid groups (broad SMARTS) is 1. The maximum absolute atomic E-state index is 13.5. The molecule has 0 saturated heterocycles. The summed E-state index contributed by atoms with van der Waals surface area (Å²) in [6.07, 6.45) is 3.00. The van der Waals surface area contributed by atoms with E-state index >= 15 is 0 Å². The number of phenolic OH excluding ortho intramolecular Hbond substituents is 1. The van der Waals surface area contributed by atoms with Crippen molar-refractivity contribution in [2.24, 2.45) is 5.92 Å². The molecule has 2 atom stereocenters. The molecule has 4 aromatic rings. The first-order valence-corrected chi connectivity index (χ1v) is 23.7. The Morgan fingerprint density at radius 2 is 1.38 bits per heavy atom. The van der Waals surface area contributed by atoms with Gasteiger partial charge < -0.3 is 50.9 Å². The number of unbranched alkanes of at least 4 members (excludes halogenated alkanes) is 3. The first-order valence-electron chi connectivity index (χ1n) is 23.7. The van der Waals surface area contributed by atoms with Crippen molar-refractivity contribution in [3.05, 3.63) is 116 Å². The summed E-state index contributed by atoms with van der Waals surface area (Å²) < 4.78 is 11.2. The number of carbonyl (C=O) groups is 7. The number of aromatic carboxylic acids is 1. The van der Waals surface area contributed by atoms with E-state index in [0.29, 0.717) is 71.8 Å². The van der Waals surface area contributed by atoms with Crippen molar-refractivity contribution in [1.82, 2.24) is 26.6 Å². The van der Waals surface area contributed by atoms with Gasteiger partial charge in [0.25, 0.3) is 5.91 Å². The van der Waals surface area contributed by atoms with Gasteiger partial charge in [-0.2, -0.15) is 0 Å². The van der Waals surface area contributed by atoms with Crippen LogP contribution in [0.4, 0.5) is 5.69 Å². The van der Waals surface area contributed by atoms with E-state index in [9.17, 15) is 53.4 Å². The normalized spacial score (nSPS) is 12.0. The van der Waals surface area contributed by atoms with Crippen LogP contribution in [0, 0.1) is 12.8 Å². The minimum absolute atomic E-state index is 0.00323. The number of aromatic hydroxyl groups is 1. The van der Waals surface area contributed by atoms with Gasteiger partial charge in [-0.05, 0) is 111 Å². The molecule has 1 aromatic heterocycles. The van der Waals surface area contributed by atoms with Crippen LogP contribution < -0.4 is 43.0 Å². The van der Waals surface area contributed by atoms with Crippen LogP contribution in [0.5, 0.6) is 5.75 Å². The van der Waals surface area contributed by atoms with Crippen LogP contribution in [0.25, 0.3) is 44.4 Å². The third-order valence-corrected chi connectivity index (χ3v) is 11.8. The van der Waals surface area contributed by atoms with Gasteiger partial charge in [0.1, 0.15) is 34.8 Å². The highest BCUT2D eigenvalue weighted by Crippen LogP contribution is 2.42. The molecule has 0 fully saturated rings. The fourth-order valence-corrected chi connectivity index (χ4v) is 8.27. The molecule has 0 spiro atoms. The lowest BCUT2D eigenvalue weighted by molar-refractivity contribution is -0.131. The van der Waals surface area contributed by atoms with Gasteiger partial charge in [0.2, 0.25) is 29.5 Å². The van der Waals surface area contributed by atoms with Crippen molar-refractivity contribution in [2.75, 3.05) is 25.0 Å². The Bertz CT molecular complexity index is 3110. The quantitative estimate of drug-likeness (QED) is 0.0216. The molecule has 2 unspecified atom stereocenters. The van der Waals surface area contributed by atoms with E-state index in [1.807, 2.05) is 13.8 Å². The monoisotopic (exact) mass is 986 g/mol. The van der Waals surface area contributed by atoms with Crippen molar-refractivity contribution < 1.29 is 52.6 Å². The van der Waals surface area contributed by atoms with Crippen molar-refractivity contribution in [3.63, 3.8) is 0 Å². The Hall–Kier alpha value is -8.35. The maximum atomic E-state index is 13.5. The van der Waals surface area contributed by atoms with E-state index in [-0.39, 0.29) is 88.3 Å². The predicted octanol–water partition coefficient (Wildman–Crippen LogP) is 5.75. The number of benzene rings is 4. The van der Waals surface area contributed by atoms with Crippen LogP contribution in [-0.2, 0) is 24.0 Å². The number of amides is 6. The van der Waals surface area contributed by atoms with Crippen LogP contribution >= 0.6 is 0 Å². The number of fused-ring (bicyclic) bond motifs is 3. The van der Waals surface area contributed by atoms with E-state index in [1.54, 1.807) is 25.1 Å². The molecule has 0 saturated carbocycles. The standard InChI is InChI=1S/C53H58N6O13/c1-29(2)22-42(51(67)56-28-47(64)58-41(10-7-9-20-54-31(4)60)52(68)57-33-13-17-36-30(3)23-48(65)72-43(36)25-33)59-46(63)11-6-5-8-21-55-50(66)32-12-16-37(40(24-32)53(69)70)49-38-18-14-34(61)26-44(38)71-45-27-35(62)15-19-39(45)49/h12-19,23-27,29,41-42,61H,5-11,20-22,28H2,1-4H3,(H,54,60)(H,55,66)(H,56,67)(H,57,68)(H,58,64)(H,59,63)(H,69,70). The predicted molar refractivity (Wildman–Crippen MR) is 269 cm³/mol. The molecule has 2 heterocycles. The third kappa shape index (κ3) is 14.4. The van der Waals surface area contributed by atoms with Gasteiger partial charge in [-0.3, -0.25) is 33.6 Å². The first kappa shape index (κ1) is 53.0. The van der Waals surface area contributed by atoms with Crippen molar-refractivity contribution in [3.8, 4) is 28.2 Å². The van der Waals surface area contributed by atoms with Crippen molar-refractivity contribution in [1.29, 1.82) is 0 Å². The average Bonchev–Trinajstić information content (AvgIpc) is 3.32. The zero-order valence-electron chi connectivity index (χ0n) is 40.4. The summed E-state index contributed by atoms with van der Waals surface area (Å²) in [7, 11) is 0. The third-order valence-electron chi connectivity index (χ3n) is 11.8. The number of nitrogens with one attached hydrogen (secondary N) is 6. The number of carboxylic acids is 1. The van der Waals surface area contributed by atoms with Crippen molar-refractivity contribution >= 4 is 69.0 Å². The molecular weight excluding hydrogens is 929 g/mol. The molecule has 72 heavy (non-hydrogen) atoms. The summed E-state index contributed by atoms with van der Waals surface area (Å²) >= 11 is 0. The van der Waals surface area contributed by atoms with Gasteiger partial charge in [-0.25, -0.2) is 9.59 Å². The number of phenols is 1. The van der Waals surface area contributed by atoms with Crippen molar-refractivity contribution in [2.45, 2.75) is 91.1 Å². The van der Waals surface area contributed by atoms with Gasteiger partial charge in [-0.15, -0.1) is 0 Å². The number of hydrogen-bond donors (Lipinski definition) is 8. The van der Waals surface area contributed by atoms with Crippen LogP contribution in [0.15, 0.2) is 97.3 Å². The zero-order chi connectivity index (χ0) is 52.1. The molecule has 2 aliphatic rings. The van der Waals surface area contributed by atoms with E-state index < -0.39 is 53.9 Å². The van der Waals surface area contributed by atoms with Crippen LogP contribution in [0.2, 0.25) is 0 Å². The first-order chi connectivity index (χ1) is 34.4. The van der Waals surface area contributed by atoms with E-state index in [1.165, 1.54) is 67.6 Å². The molecule has 19 heteroatoms. The fraction of sp³-hybridized carbons (Fsp3) is 0.340. The topological polar surface area (TPSA) is 293 Å². The van der Waals surface area contributed by atoms with Crippen LogP contribution in [0.1, 0.15) is 98.4 Å². The lowest BCUT2D eigenvalue weighted by Gasteiger charge is -2.21. The molecular formula is C53H58N6O13. The number of rotatable bonds is 23. The summed E-state index contributed by atoms with van der Waals surface area (Å²) in [5.74, 6) is -4.07. The number of aryl methyl sites for hydroxylation is 1. The van der Waals surface area contributed by atoms with Gasteiger partial charge in [0.15, 0.2) is 5.43 Å². The molecule has 1 aliphatic heterocycles. The lowest BCUT2D eigenvalue weighted by atomic mass is 9.90. The summed E-state index contributed by atoms with van der Waals surface area (Å²) in [6.45, 7) is 7.03. The summed E-state index contributed by atoms with van der Waals surface area (Å²) in [5.41, 5.74) is 1.80. The minimum atomic E-state index is -1.29. The summed E-state index contributed by atoms with van der Waals surface area (Å²) in [5, 5.41) is 37.8. The summed E-state index contributed by atoms with van der Waals surface area (Å²) in [4.78, 5) is 114. The molecule has 0 bridgehead atoms. The highest BCUT2D eigenvalue weighted by atomic mass is 16.4. The Morgan fingerprint density at radius 3 is 2.12 bits per heavy atom. The highest BCUT2D eigenvalue weighted by molar-refractivity contribution is 6.09. The maximum Gasteiger partial charge on any atom is 0.336 e. The average molecular weight is 987 g/mol. The van der Waals surface area contributed by atoms with E-state index in [0.717, 1.165) is 0 Å². The molecule has 3 aromatic carbocycles. The minimum Gasteiger partial charge on any atom is -0.508 e. The van der Waals surface area contributed by atoms with Crippen LogP contribution in [-0.4, -0.2) is 83.3 Å². The molecule has 0 radical (unpaired) electrons. The molecule has 8 N–H and O–H groups in total. The fourth-order valence-electron chi connectivity index (χ4n) is 8.27. The Labute approximate surface area is 413 Å². The molecule has 6 rings (SSSR count). The smallest absolute Gasteiger partial charge is 0.336 e. The molecule has 378 valence electrons. The number of carbonyl (C=O) groups excluding carboxylic acids is 6. The van der Waals surface area contributed by atoms with E-state index in [4.69, 9.17) is 8.83 Å². The Balaban J connectivity index is 0.982. The lowest BCUT2D eigenvalue weighted by Crippen LogP contribution is -2.51. The second-order valence-corrected chi connectivity index (χ2v) is 18.0. The second kappa shape index (κ2) is 24.5. The molecule has 19 nitrogen and oxygen atoms in total. The summed E-state index contributed by atoms with van der Waals surface area (Å²) in [6, 6.07) is 17.1. The number of hydrogen-bond acceptors (Lipinski definition) is 12. The van der Waals surface area contributed by atoms with Crippen LogP contribution in [0.3, 0.4) is 0 Å². The highest BCUT2D eigenvalue weighted by Gasteiger charge is 2.26. The molecule has 1 aliphatic carbocycles. The van der Waals surface area contributed by atoms with E-state index in [2.05, 4.69) is 31.9 Å². The second-order valence-electron chi connectivity index (χ2n) is 18.0. The van der Waals surface area contributed by atoms with Gasteiger partial charge in [0, 0.05) is 83.8 Å². The van der Waals surface area contributed by atoms with Gasteiger partial charge in [0.05, 0.1) is 12.1 Å². The van der Waals surface area contributed by atoms with Gasteiger partial charge >= 0.3 is 11.6 Å². The van der Waals surface area contributed by atoms with Gasteiger partial charge in [-0.1, -0.05) is 26.3 Å². The molecule has 6 amide bonds. The Kier molecular flexibility index (Phi) is 18.0. The zero-order valence-corrected chi connectivity index (χ0v) is 40.4. The number of anilines is 1. The largest absolute Gasteiger partial charge is 0.508 e.